The van der Waals surface area contributed by atoms with Crippen molar-refractivity contribution in [2.45, 2.75) is 46.1 Å². The molecule has 6 heteroatoms. The lowest BCUT2D eigenvalue weighted by Gasteiger charge is -2.12. The van der Waals surface area contributed by atoms with Gasteiger partial charge in [-0.15, -0.1) is 0 Å². The van der Waals surface area contributed by atoms with Gasteiger partial charge in [0, 0.05) is 13.0 Å². The highest BCUT2D eigenvalue weighted by atomic mass is 19.1. The van der Waals surface area contributed by atoms with Crippen LogP contribution in [0.25, 0.3) is 11.0 Å². The number of hydrogen-bond acceptors (Lipinski definition) is 3. The summed E-state index contributed by atoms with van der Waals surface area (Å²) in [6.45, 7) is 6.00. The topological polar surface area (TPSA) is 56.1 Å². The fourth-order valence-electron chi connectivity index (χ4n) is 4.15. The van der Waals surface area contributed by atoms with E-state index in [4.69, 9.17) is 9.72 Å². The number of halogens is 1. The van der Waals surface area contributed by atoms with Gasteiger partial charge in [-0.2, -0.15) is 0 Å². The van der Waals surface area contributed by atoms with E-state index in [1.54, 1.807) is 12.1 Å². The minimum absolute atomic E-state index is 0.0873. The molecule has 1 aromatic heterocycles. The van der Waals surface area contributed by atoms with E-state index in [0.29, 0.717) is 13.2 Å². The van der Waals surface area contributed by atoms with Gasteiger partial charge in [-0.3, -0.25) is 4.79 Å². The molecule has 0 atom stereocenters. The molecule has 0 aliphatic rings. The Bertz CT molecular complexity index is 1300. The number of nitrogens with one attached hydrogen (secondary N) is 1. The van der Waals surface area contributed by atoms with Crippen molar-refractivity contribution >= 4 is 16.9 Å². The molecule has 35 heavy (non-hydrogen) atoms. The summed E-state index contributed by atoms with van der Waals surface area (Å²) >= 11 is 0. The van der Waals surface area contributed by atoms with E-state index in [2.05, 4.69) is 41.9 Å². The number of aryl methyl sites for hydroxylation is 3. The summed E-state index contributed by atoms with van der Waals surface area (Å²) in [7, 11) is 0. The summed E-state index contributed by atoms with van der Waals surface area (Å²) in [4.78, 5) is 17.0. The van der Waals surface area contributed by atoms with Crippen LogP contribution >= 0.6 is 0 Å². The second kappa shape index (κ2) is 11.6. The lowest BCUT2D eigenvalue weighted by molar-refractivity contribution is 0.0949. The fraction of sp³-hybridized carbons (Fsp3) is 0.310. The van der Waals surface area contributed by atoms with E-state index in [0.717, 1.165) is 54.8 Å². The number of unbranched alkanes of at least 4 members (excludes halogenated alkanes) is 2. The Hall–Kier alpha value is -3.67. The van der Waals surface area contributed by atoms with E-state index in [1.165, 1.54) is 23.3 Å². The number of ether oxygens (including phenoxy) is 1. The molecule has 3 aromatic carbocycles. The molecule has 0 fully saturated rings. The number of fused-ring (bicyclic) bond motifs is 1. The number of nitrogens with zero attached hydrogens (tertiary/aromatic N) is 2. The molecular weight excluding hydrogens is 441 g/mol. The summed E-state index contributed by atoms with van der Waals surface area (Å²) in [5.74, 6) is 1.07. The highest BCUT2D eigenvalue weighted by Crippen LogP contribution is 2.20. The molecule has 1 heterocycles. The number of para-hydroxylation sites is 2. The number of amides is 1. The van der Waals surface area contributed by atoms with Crippen LogP contribution in [0, 0.1) is 19.7 Å². The Morgan fingerprint density at radius 1 is 0.971 bits per heavy atom. The van der Waals surface area contributed by atoms with E-state index in [-0.39, 0.29) is 11.5 Å². The van der Waals surface area contributed by atoms with Gasteiger partial charge in [0.25, 0.3) is 5.91 Å². The lowest BCUT2D eigenvalue weighted by Crippen LogP contribution is -2.25. The Morgan fingerprint density at radius 2 is 1.77 bits per heavy atom. The van der Waals surface area contributed by atoms with Crippen LogP contribution in [0.4, 0.5) is 4.39 Å². The number of imidazole rings is 1. The second-order valence-corrected chi connectivity index (χ2v) is 8.81. The number of benzene rings is 3. The van der Waals surface area contributed by atoms with Crippen molar-refractivity contribution in [1.82, 2.24) is 14.9 Å². The van der Waals surface area contributed by atoms with Gasteiger partial charge >= 0.3 is 0 Å². The first-order chi connectivity index (χ1) is 17.0. The van der Waals surface area contributed by atoms with Crippen molar-refractivity contribution in [2.24, 2.45) is 0 Å². The molecule has 0 aliphatic carbocycles. The smallest absolute Gasteiger partial charge is 0.254 e. The minimum atomic E-state index is -0.495. The maximum absolute atomic E-state index is 13.7. The zero-order valence-corrected chi connectivity index (χ0v) is 20.4. The predicted molar refractivity (Wildman–Crippen MR) is 137 cm³/mol. The maximum Gasteiger partial charge on any atom is 0.254 e. The summed E-state index contributed by atoms with van der Waals surface area (Å²) in [5, 5.41) is 2.81. The Labute approximate surface area is 206 Å². The third-order valence-corrected chi connectivity index (χ3v) is 6.28. The zero-order chi connectivity index (χ0) is 24.6. The highest BCUT2D eigenvalue weighted by molar-refractivity contribution is 5.94. The van der Waals surface area contributed by atoms with Crippen LogP contribution in [0.15, 0.2) is 66.7 Å². The van der Waals surface area contributed by atoms with Crippen molar-refractivity contribution in [2.75, 3.05) is 13.2 Å². The molecule has 0 bridgehead atoms. The maximum atomic E-state index is 13.7. The largest absolute Gasteiger partial charge is 0.492 e. The molecule has 4 rings (SSSR count). The van der Waals surface area contributed by atoms with Gasteiger partial charge in [0.2, 0.25) is 0 Å². The molecule has 4 aromatic rings. The lowest BCUT2D eigenvalue weighted by atomic mass is 10.1. The van der Waals surface area contributed by atoms with Crippen molar-refractivity contribution in [1.29, 1.82) is 0 Å². The molecule has 0 saturated heterocycles. The monoisotopic (exact) mass is 473 g/mol. The zero-order valence-electron chi connectivity index (χ0n) is 20.4. The fourth-order valence-corrected chi connectivity index (χ4v) is 4.15. The van der Waals surface area contributed by atoms with Crippen LogP contribution < -0.4 is 10.1 Å². The molecular formula is C29H32FN3O2. The second-order valence-electron chi connectivity index (χ2n) is 8.81. The normalized spacial score (nSPS) is 11.1. The van der Waals surface area contributed by atoms with Crippen LogP contribution in [-0.4, -0.2) is 28.6 Å². The average molecular weight is 474 g/mol. The molecule has 0 radical (unpaired) electrons. The van der Waals surface area contributed by atoms with Crippen LogP contribution in [-0.2, 0) is 13.0 Å². The van der Waals surface area contributed by atoms with Gasteiger partial charge < -0.3 is 14.6 Å². The summed E-state index contributed by atoms with van der Waals surface area (Å²) in [6, 6.07) is 20.4. The molecule has 0 spiro atoms. The number of hydrogen-bond donors (Lipinski definition) is 1. The quantitative estimate of drug-likeness (QED) is 0.271. The van der Waals surface area contributed by atoms with Gasteiger partial charge in [0.05, 0.1) is 23.1 Å². The SMILES string of the molecule is Cc1ccc(OCCn2c(CCCCCNC(=O)c3ccccc3F)nc3ccccc32)cc1C. The molecule has 0 saturated carbocycles. The predicted octanol–water partition coefficient (Wildman–Crippen LogP) is 6.01. The third-order valence-electron chi connectivity index (χ3n) is 6.28. The third kappa shape index (κ3) is 6.27. The van der Waals surface area contributed by atoms with Crippen LogP contribution in [0.1, 0.15) is 46.6 Å². The summed E-state index contributed by atoms with van der Waals surface area (Å²) in [5.41, 5.74) is 4.67. The van der Waals surface area contributed by atoms with Crippen LogP contribution in [0.2, 0.25) is 0 Å². The number of carbonyl (C=O) groups excluding carboxylic acids is 1. The molecule has 5 nitrogen and oxygen atoms in total. The summed E-state index contributed by atoms with van der Waals surface area (Å²) in [6.07, 6.45) is 3.58. The summed E-state index contributed by atoms with van der Waals surface area (Å²) < 4.78 is 22.0. The Balaban J connectivity index is 1.28. The van der Waals surface area contributed by atoms with Crippen molar-refractivity contribution < 1.29 is 13.9 Å². The van der Waals surface area contributed by atoms with Gasteiger partial charge in [0.15, 0.2) is 0 Å². The van der Waals surface area contributed by atoms with Gasteiger partial charge in [-0.05, 0) is 74.2 Å². The standard InChI is InChI=1S/C29H32FN3O2/c1-21-15-16-23(20-22(21)2)35-19-18-33-27-13-8-7-12-26(27)32-28(33)14-4-3-9-17-31-29(34)24-10-5-6-11-25(24)30/h5-8,10-13,15-16,20H,3-4,9,14,17-19H2,1-2H3,(H,31,34). The van der Waals surface area contributed by atoms with E-state index in [1.807, 2.05) is 24.3 Å². The molecule has 0 aliphatic heterocycles. The van der Waals surface area contributed by atoms with Gasteiger partial charge in [0.1, 0.15) is 24.0 Å². The van der Waals surface area contributed by atoms with E-state index < -0.39 is 5.82 Å². The number of rotatable bonds is 11. The molecule has 182 valence electrons. The Morgan fingerprint density at radius 3 is 2.60 bits per heavy atom. The number of aromatic nitrogens is 2. The minimum Gasteiger partial charge on any atom is -0.492 e. The van der Waals surface area contributed by atoms with Gasteiger partial charge in [-0.25, -0.2) is 9.37 Å². The van der Waals surface area contributed by atoms with E-state index >= 15 is 0 Å². The van der Waals surface area contributed by atoms with Crippen LogP contribution in [0.3, 0.4) is 0 Å². The first kappa shape index (κ1) is 24.5. The van der Waals surface area contributed by atoms with Crippen molar-refractivity contribution in [3.8, 4) is 5.75 Å². The van der Waals surface area contributed by atoms with Gasteiger partial charge in [-0.1, -0.05) is 36.8 Å². The Kier molecular flexibility index (Phi) is 8.14. The highest BCUT2D eigenvalue weighted by Gasteiger charge is 2.12. The number of carbonyl (C=O) groups is 1. The van der Waals surface area contributed by atoms with E-state index in [9.17, 15) is 9.18 Å². The first-order valence-corrected chi connectivity index (χ1v) is 12.2. The first-order valence-electron chi connectivity index (χ1n) is 12.2. The molecule has 1 N–H and O–H groups in total. The van der Waals surface area contributed by atoms with Crippen molar-refractivity contribution in [3.05, 3.63) is 95.1 Å². The van der Waals surface area contributed by atoms with Crippen molar-refractivity contribution in [3.63, 3.8) is 0 Å². The molecule has 1 amide bonds. The average Bonchev–Trinajstić information content (AvgIpc) is 3.21. The molecule has 0 unspecified atom stereocenters. The van der Waals surface area contributed by atoms with Crippen LogP contribution in [0.5, 0.6) is 5.75 Å².